The van der Waals surface area contributed by atoms with Crippen LogP contribution in [0.4, 0.5) is 0 Å². The van der Waals surface area contributed by atoms with Crippen molar-refractivity contribution >= 4 is 0 Å². The minimum atomic E-state index is 0.280. The predicted octanol–water partition coefficient (Wildman–Crippen LogP) is 2.96. The molecule has 0 aromatic heterocycles. The van der Waals surface area contributed by atoms with Gasteiger partial charge in [0.1, 0.15) is 0 Å². The number of fused-ring (bicyclic) bond motifs is 1. The van der Waals surface area contributed by atoms with Crippen molar-refractivity contribution in [1.29, 1.82) is 0 Å². The molecular weight excluding hydrogens is 198 g/mol. The molecule has 0 radical (unpaired) electrons. The molecule has 2 N–H and O–H groups in total. The molecule has 2 aliphatic rings. The summed E-state index contributed by atoms with van der Waals surface area (Å²) in [4.78, 5) is 0. The minimum Gasteiger partial charge on any atom is -0.380 e. The van der Waals surface area contributed by atoms with Gasteiger partial charge in [0.2, 0.25) is 0 Å². The Labute approximate surface area is 99.9 Å². The normalized spacial score (nSPS) is 36.8. The van der Waals surface area contributed by atoms with E-state index in [1.807, 2.05) is 6.92 Å². The summed E-state index contributed by atoms with van der Waals surface area (Å²) in [6, 6.07) is 0.280. The van der Waals surface area contributed by atoms with Crippen molar-refractivity contribution in [3.05, 3.63) is 0 Å². The van der Waals surface area contributed by atoms with Crippen LogP contribution in [-0.4, -0.2) is 19.3 Å². The summed E-state index contributed by atoms with van der Waals surface area (Å²) in [5.41, 5.74) is 6.23. The van der Waals surface area contributed by atoms with Gasteiger partial charge in [-0.1, -0.05) is 25.7 Å². The fourth-order valence-corrected chi connectivity index (χ4v) is 3.69. The van der Waals surface area contributed by atoms with Crippen LogP contribution in [-0.2, 0) is 4.74 Å². The van der Waals surface area contributed by atoms with Gasteiger partial charge >= 0.3 is 0 Å². The average molecular weight is 225 g/mol. The van der Waals surface area contributed by atoms with E-state index in [0.29, 0.717) is 0 Å². The van der Waals surface area contributed by atoms with Gasteiger partial charge in [0.05, 0.1) is 6.61 Å². The highest BCUT2D eigenvalue weighted by Crippen LogP contribution is 2.43. The predicted molar refractivity (Wildman–Crippen MR) is 67.3 cm³/mol. The van der Waals surface area contributed by atoms with Crippen LogP contribution in [0, 0.1) is 17.8 Å². The van der Waals surface area contributed by atoms with Crippen LogP contribution in [0.15, 0.2) is 0 Å². The molecule has 0 amide bonds. The van der Waals surface area contributed by atoms with Crippen LogP contribution >= 0.6 is 0 Å². The van der Waals surface area contributed by atoms with E-state index >= 15 is 0 Å². The molecule has 2 saturated carbocycles. The Morgan fingerprint density at radius 2 is 1.88 bits per heavy atom. The van der Waals surface area contributed by atoms with Gasteiger partial charge in [-0.3, -0.25) is 0 Å². The Kier molecular flexibility index (Phi) is 4.66. The summed E-state index contributed by atoms with van der Waals surface area (Å²) >= 11 is 0. The van der Waals surface area contributed by atoms with Crippen molar-refractivity contribution in [2.75, 3.05) is 13.2 Å². The minimum absolute atomic E-state index is 0.280. The third-order valence-corrected chi connectivity index (χ3v) is 4.70. The maximum Gasteiger partial charge on any atom is 0.0620 e. The Morgan fingerprint density at radius 1 is 1.12 bits per heavy atom. The molecule has 0 aromatic carbocycles. The summed E-state index contributed by atoms with van der Waals surface area (Å²) in [5, 5.41) is 0. The first-order valence-corrected chi connectivity index (χ1v) is 7.14. The monoisotopic (exact) mass is 225 g/mol. The first-order chi connectivity index (χ1) is 7.81. The quantitative estimate of drug-likeness (QED) is 0.798. The highest BCUT2D eigenvalue weighted by atomic mass is 16.5. The van der Waals surface area contributed by atoms with Crippen molar-refractivity contribution in [3.8, 4) is 0 Å². The van der Waals surface area contributed by atoms with Gasteiger partial charge < -0.3 is 10.5 Å². The van der Waals surface area contributed by atoms with Gasteiger partial charge in [-0.05, 0) is 43.9 Å². The Balaban J connectivity index is 1.79. The van der Waals surface area contributed by atoms with Gasteiger partial charge in [0, 0.05) is 12.6 Å². The Hall–Kier alpha value is -0.0800. The summed E-state index contributed by atoms with van der Waals surface area (Å²) in [6.45, 7) is 3.61. The zero-order valence-corrected chi connectivity index (χ0v) is 10.7. The number of nitrogens with two attached hydrogens (primary N) is 1. The Bertz CT molecular complexity index is 207. The number of hydrogen-bond acceptors (Lipinski definition) is 2. The smallest absolute Gasteiger partial charge is 0.0620 e. The number of rotatable bonds is 4. The van der Waals surface area contributed by atoms with Crippen molar-refractivity contribution < 1.29 is 4.74 Å². The molecule has 0 heterocycles. The lowest BCUT2D eigenvalue weighted by Gasteiger charge is -2.41. The molecule has 0 bridgehead atoms. The van der Waals surface area contributed by atoms with Crippen molar-refractivity contribution in [2.24, 2.45) is 23.5 Å². The van der Waals surface area contributed by atoms with Crippen molar-refractivity contribution in [3.63, 3.8) is 0 Å². The zero-order valence-electron chi connectivity index (χ0n) is 10.7. The summed E-state index contributed by atoms with van der Waals surface area (Å²) in [6.07, 6.45) is 10.0. The second-order valence-corrected chi connectivity index (χ2v) is 5.70. The van der Waals surface area contributed by atoms with E-state index in [2.05, 4.69) is 0 Å². The van der Waals surface area contributed by atoms with E-state index in [1.54, 1.807) is 0 Å². The van der Waals surface area contributed by atoms with Gasteiger partial charge in [-0.25, -0.2) is 0 Å². The molecule has 2 fully saturated rings. The van der Waals surface area contributed by atoms with Crippen LogP contribution in [0.1, 0.15) is 51.9 Å². The molecule has 0 aliphatic heterocycles. The molecule has 0 aromatic rings. The van der Waals surface area contributed by atoms with E-state index in [0.717, 1.165) is 31.0 Å². The average Bonchev–Trinajstić information content (AvgIpc) is 2.35. The highest BCUT2D eigenvalue weighted by Gasteiger charge is 2.34. The van der Waals surface area contributed by atoms with Crippen molar-refractivity contribution in [1.82, 2.24) is 0 Å². The molecule has 0 saturated heterocycles. The Morgan fingerprint density at radius 3 is 2.62 bits per heavy atom. The van der Waals surface area contributed by atoms with E-state index in [1.165, 1.54) is 44.9 Å². The van der Waals surface area contributed by atoms with Gasteiger partial charge in [0.15, 0.2) is 0 Å². The fourth-order valence-electron chi connectivity index (χ4n) is 3.69. The zero-order chi connectivity index (χ0) is 11.4. The first kappa shape index (κ1) is 12.4. The number of hydrogen-bond donors (Lipinski definition) is 1. The first-order valence-electron chi connectivity index (χ1n) is 7.14. The second kappa shape index (κ2) is 6.02. The second-order valence-electron chi connectivity index (χ2n) is 5.70. The molecule has 4 atom stereocenters. The van der Waals surface area contributed by atoms with E-state index in [-0.39, 0.29) is 6.04 Å². The molecule has 2 nitrogen and oxygen atoms in total. The van der Waals surface area contributed by atoms with Gasteiger partial charge in [-0.2, -0.15) is 0 Å². The standard InChI is InChI=1S/C14H27NO/c1-2-16-10-14(15)13-8-7-11-5-3-4-6-12(11)9-13/h11-14H,2-10,15H2,1H3. The number of ether oxygens (including phenoxy) is 1. The van der Waals surface area contributed by atoms with E-state index in [4.69, 9.17) is 10.5 Å². The van der Waals surface area contributed by atoms with Gasteiger partial charge in [-0.15, -0.1) is 0 Å². The molecule has 2 aliphatic carbocycles. The van der Waals surface area contributed by atoms with Crippen LogP contribution in [0.2, 0.25) is 0 Å². The lowest BCUT2D eigenvalue weighted by Crippen LogP contribution is -2.40. The lowest BCUT2D eigenvalue weighted by molar-refractivity contribution is 0.0726. The largest absolute Gasteiger partial charge is 0.380 e. The molecule has 2 rings (SSSR count). The van der Waals surface area contributed by atoms with Crippen LogP contribution < -0.4 is 5.73 Å². The van der Waals surface area contributed by atoms with Crippen molar-refractivity contribution in [2.45, 2.75) is 57.9 Å². The summed E-state index contributed by atoms with van der Waals surface area (Å²) < 4.78 is 5.46. The maximum atomic E-state index is 6.23. The molecule has 94 valence electrons. The third kappa shape index (κ3) is 2.98. The highest BCUT2D eigenvalue weighted by molar-refractivity contribution is 4.86. The molecule has 2 heteroatoms. The summed E-state index contributed by atoms with van der Waals surface area (Å²) in [5.74, 6) is 2.75. The maximum absolute atomic E-state index is 6.23. The molecular formula is C14H27NO. The third-order valence-electron chi connectivity index (χ3n) is 4.70. The van der Waals surface area contributed by atoms with Crippen LogP contribution in [0.3, 0.4) is 0 Å². The van der Waals surface area contributed by atoms with Gasteiger partial charge in [0.25, 0.3) is 0 Å². The SMILES string of the molecule is CCOCC(N)C1CCC2CCCCC2C1. The molecule has 0 spiro atoms. The summed E-state index contributed by atoms with van der Waals surface area (Å²) in [7, 11) is 0. The van der Waals surface area contributed by atoms with Crippen LogP contribution in [0.5, 0.6) is 0 Å². The molecule has 4 unspecified atom stereocenters. The van der Waals surface area contributed by atoms with E-state index < -0.39 is 0 Å². The molecule has 16 heavy (non-hydrogen) atoms. The van der Waals surface area contributed by atoms with E-state index in [9.17, 15) is 0 Å². The van der Waals surface area contributed by atoms with Crippen LogP contribution in [0.25, 0.3) is 0 Å². The topological polar surface area (TPSA) is 35.2 Å². The fraction of sp³-hybridized carbons (Fsp3) is 1.00. The lowest BCUT2D eigenvalue weighted by atomic mass is 9.66.